The Morgan fingerprint density at radius 3 is 2.33 bits per heavy atom. The number of nitrogens with zero attached hydrogens (tertiary/aromatic N) is 5. The summed E-state index contributed by atoms with van der Waals surface area (Å²) >= 11 is 12.2. The molecule has 206 valence electrons. The molecule has 4 aromatic rings. The molecular weight excluding hydrogens is 551 g/mol. The van der Waals surface area contributed by atoms with Gasteiger partial charge in [0.15, 0.2) is 0 Å². The van der Waals surface area contributed by atoms with Gasteiger partial charge in [0.1, 0.15) is 6.04 Å². The molecule has 1 aliphatic heterocycles. The topological polar surface area (TPSA) is 105 Å². The minimum Gasteiger partial charge on any atom is -0.395 e. The lowest BCUT2D eigenvalue weighted by Crippen LogP contribution is -2.38. The number of benzene rings is 3. The lowest BCUT2D eigenvalue weighted by molar-refractivity contribution is -0.124. The van der Waals surface area contributed by atoms with Crippen molar-refractivity contribution in [3.8, 4) is 0 Å². The van der Waals surface area contributed by atoms with Crippen LogP contribution in [0.3, 0.4) is 0 Å². The quantitative estimate of drug-likeness (QED) is 0.311. The molecule has 0 aliphatic carbocycles. The Morgan fingerprint density at radius 1 is 1.02 bits per heavy atom. The second kappa shape index (κ2) is 12.1. The van der Waals surface area contributed by atoms with E-state index in [2.05, 4.69) is 10.4 Å². The summed E-state index contributed by atoms with van der Waals surface area (Å²) in [4.78, 5) is 26.6. The van der Waals surface area contributed by atoms with Gasteiger partial charge in [0.05, 0.1) is 25.4 Å². The summed E-state index contributed by atoms with van der Waals surface area (Å²) in [6, 6.07) is 23.7. The molecule has 0 saturated heterocycles. The predicted molar refractivity (Wildman–Crippen MR) is 156 cm³/mol. The molecule has 0 bridgehead atoms. The normalized spacial score (nSPS) is 15.7. The van der Waals surface area contributed by atoms with E-state index >= 15 is 0 Å². The Bertz CT molecular complexity index is 1570. The van der Waals surface area contributed by atoms with Crippen LogP contribution in [0.15, 0.2) is 88.8 Å². The van der Waals surface area contributed by atoms with Crippen LogP contribution >= 0.6 is 23.2 Å². The minimum absolute atomic E-state index is 0.0742. The van der Waals surface area contributed by atoms with Crippen LogP contribution in [0.5, 0.6) is 0 Å². The Morgan fingerprint density at radius 2 is 1.68 bits per heavy atom. The molecule has 0 spiro atoms. The standard InChI is InChI=1S/C29H28Cl2N6O3/c1-19(27(39)32-15-16-38)37-28(34-36(29(37)40)17-20-7-11-23(30)12-8-20)35-18-25(21-5-3-2-4-6-21)26(33-35)22-9-13-24(31)14-10-22/h2-14,19,25,38H,15-18H2,1H3,(H,32,39)/t19-,25-/m0/s1. The molecule has 0 radical (unpaired) electrons. The van der Waals surface area contributed by atoms with Crippen LogP contribution in [0.25, 0.3) is 0 Å². The Balaban J connectivity index is 1.59. The van der Waals surface area contributed by atoms with Gasteiger partial charge in [0, 0.05) is 22.5 Å². The largest absolute Gasteiger partial charge is 0.395 e. The highest BCUT2D eigenvalue weighted by atomic mass is 35.5. The SMILES string of the molecule is C[C@@H](C(=O)NCCO)n1c(N2C[C@@H](c3ccccc3)C(c3ccc(Cl)cc3)=N2)nn(Cc2ccc(Cl)cc2)c1=O. The van der Waals surface area contributed by atoms with Crippen molar-refractivity contribution >= 4 is 40.8 Å². The molecule has 2 atom stereocenters. The molecule has 2 N–H and O–H groups in total. The van der Waals surface area contributed by atoms with Gasteiger partial charge in [-0.2, -0.15) is 5.10 Å². The van der Waals surface area contributed by atoms with Gasteiger partial charge >= 0.3 is 5.69 Å². The van der Waals surface area contributed by atoms with Crippen molar-refractivity contribution < 1.29 is 9.90 Å². The molecule has 40 heavy (non-hydrogen) atoms. The van der Waals surface area contributed by atoms with Crippen molar-refractivity contribution in [1.82, 2.24) is 19.7 Å². The fourth-order valence-electron chi connectivity index (χ4n) is 4.69. The maximum Gasteiger partial charge on any atom is 0.348 e. The Labute approximate surface area is 241 Å². The van der Waals surface area contributed by atoms with E-state index in [9.17, 15) is 14.7 Å². The first-order chi connectivity index (χ1) is 19.4. The zero-order valence-electron chi connectivity index (χ0n) is 21.7. The lowest BCUT2D eigenvalue weighted by Gasteiger charge is -2.19. The van der Waals surface area contributed by atoms with E-state index in [-0.39, 0.29) is 31.6 Å². The van der Waals surface area contributed by atoms with Gasteiger partial charge in [0.25, 0.3) is 0 Å². The summed E-state index contributed by atoms with van der Waals surface area (Å²) in [5.41, 5.74) is 3.12. The Kier molecular flexibility index (Phi) is 8.35. The molecule has 1 aromatic heterocycles. The first-order valence-corrected chi connectivity index (χ1v) is 13.6. The van der Waals surface area contributed by atoms with Gasteiger partial charge in [-0.15, -0.1) is 5.10 Å². The van der Waals surface area contributed by atoms with Crippen LogP contribution < -0.4 is 16.0 Å². The molecule has 11 heteroatoms. The number of aromatic nitrogens is 3. The van der Waals surface area contributed by atoms with Crippen LogP contribution in [-0.4, -0.2) is 50.8 Å². The number of hydrogen-bond acceptors (Lipinski definition) is 6. The third kappa shape index (κ3) is 5.82. The number of halogens is 2. The second-order valence-electron chi connectivity index (χ2n) is 9.46. The molecule has 3 aromatic carbocycles. The molecule has 9 nitrogen and oxygen atoms in total. The first-order valence-electron chi connectivity index (χ1n) is 12.8. The number of carbonyl (C=O) groups is 1. The molecule has 1 amide bonds. The van der Waals surface area contributed by atoms with Gasteiger partial charge in [0.2, 0.25) is 11.9 Å². The fourth-order valence-corrected chi connectivity index (χ4v) is 4.94. The van der Waals surface area contributed by atoms with Crippen LogP contribution in [0.1, 0.15) is 35.6 Å². The van der Waals surface area contributed by atoms with E-state index in [1.807, 2.05) is 66.7 Å². The van der Waals surface area contributed by atoms with Crippen LogP contribution in [0, 0.1) is 0 Å². The third-order valence-corrected chi connectivity index (χ3v) is 7.27. The number of anilines is 1. The summed E-state index contributed by atoms with van der Waals surface area (Å²) in [5.74, 6) is -0.287. The van der Waals surface area contributed by atoms with E-state index in [0.29, 0.717) is 16.6 Å². The lowest BCUT2D eigenvalue weighted by atomic mass is 9.91. The summed E-state index contributed by atoms with van der Waals surface area (Å²) in [6.07, 6.45) is 0. The van der Waals surface area contributed by atoms with E-state index in [0.717, 1.165) is 22.4 Å². The summed E-state index contributed by atoms with van der Waals surface area (Å²) in [5, 5.41) is 24.3. The smallest absolute Gasteiger partial charge is 0.348 e. The number of rotatable bonds is 9. The van der Waals surface area contributed by atoms with E-state index in [1.165, 1.54) is 9.25 Å². The second-order valence-corrected chi connectivity index (χ2v) is 10.3. The van der Waals surface area contributed by atoms with Gasteiger partial charge in [-0.05, 0) is 47.9 Å². The maximum absolute atomic E-state index is 13.7. The molecule has 0 fully saturated rings. The molecule has 2 heterocycles. The molecule has 1 aliphatic rings. The van der Waals surface area contributed by atoms with E-state index < -0.39 is 17.6 Å². The van der Waals surface area contributed by atoms with Crippen molar-refractivity contribution in [2.75, 3.05) is 24.7 Å². The van der Waals surface area contributed by atoms with Crippen molar-refractivity contribution in [1.29, 1.82) is 0 Å². The number of amides is 1. The van der Waals surface area contributed by atoms with E-state index in [4.69, 9.17) is 28.3 Å². The molecular formula is C29H28Cl2N6O3. The minimum atomic E-state index is -0.905. The number of nitrogens with one attached hydrogen (secondary N) is 1. The van der Waals surface area contributed by atoms with Crippen LogP contribution in [0.4, 0.5) is 5.95 Å². The van der Waals surface area contributed by atoms with Gasteiger partial charge < -0.3 is 10.4 Å². The maximum atomic E-state index is 13.7. The van der Waals surface area contributed by atoms with Crippen molar-refractivity contribution in [3.05, 3.63) is 116 Å². The first kappa shape index (κ1) is 27.6. The molecule has 0 unspecified atom stereocenters. The van der Waals surface area contributed by atoms with Crippen LogP contribution in [-0.2, 0) is 11.3 Å². The van der Waals surface area contributed by atoms with Crippen molar-refractivity contribution in [2.24, 2.45) is 5.10 Å². The summed E-state index contributed by atoms with van der Waals surface area (Å²) < 4.78 is 2.67. The highest BCUT2D eigenvalue weighted by molar-refractivity contribution is 6.31. The number of aliphatic hydroxyl groups excluding tert-OH is 1. The van der Waals surface area contributed by atoms with E-state index in [1.54, 1.807) is 24.1 Å². The average molecular weight is 579 g/mol. The molecule has 0 saturated carbocycles. The summed E-state index contributed by atoms with van der Waals surface area (Å²) in [6.45, 7) is 2.08. The third-order valence-electron chi connectivity index (χ3n) is 6.76. The zero-order chi connectivity index (χ0) is 28.2. The van der Waals surface area contributed by atoms with Crippen LogP contribution in [0.2, 0.25) is 10.0 Å². The fraction of sp³-hybridized carbons (Fsp3) is 0.241. The number of carbonyl (C=O) groups excluding carboxylic acids is 1. The summed E-state index contributed by atoms with van der Waals surface area (Å²) in [7, 11) is 0. The van der Waals surface area contributed by atoms with Gasteiger partial charge in [-0.3, -0.25) is 4.79 Å². The predicted octanol–water partition coefficient (Wildman–Crippen LogP) is 4.08. The highest BCUT2D eigenvalue weighted by Gasteiger charge is 2.35. The number of aliphatic hydroxyl groups is 1. The van der Waals surface area contributed by atoms with Gasteiger partial charge in [-0.1, -0.05) is 77.8 Å². The van der Waals surface area contributed by atoms with Gasteiger partial charge in [-0.25, -0.2) is 19.1 Å². The monoisotopic (exact) mass is 578 g/mol. The molecule has 5 rings (SSSR count). The number of hydrazone groups is 1. The van der Waals surface area contributed by atoms with Crippen molar-refractivity contribution in [2.45, 2.75) is 25.4 Å². The highest BCUT2D eigenvalue weighted by Crippen LogP contribution is 2.32. The van der Waals surface area contributed by atoms with Crippen molar-refractivity contribution in [3.63, 3.8) is 0 Å². The zero-order valence-corrected chi connectivity index (χ0v) is 23.3. The average Bonchev–Trinajstić information content (AvgIpc) is 3.55. The Hall–Kier alpha value is -3.92. The number of hydrogen-bond donors (Lipinski definition) is 2.